The van der Waals surface area contributed by atoms with Gasteiger partial charge >= 0.3 is 0 Å². The Hall–Kier alpha value is -1.13. The zero-order chi connectivity index (χ0) is 12.4. The molecule has 2 rings (SSSR count). The van der Waals surface area contributed by atoms with E-state index in [1.165, 1.54) is 6.07 Å². The molecule has 0 aliphatic carbocycles. The number of halogens is 2. The Balaban J connectivity index is 2.38. The first-order valence-corrected chi connectivity index (χ1v) is 6.09. The van der Waals surface area contributed by atoms with Crippen LogP contribution in [-0.4, -0.2) is 7.05 Å². The van der Waals surface area contributed by atoms with Crippen molar-refractivity contribution in [3.63, 3.8) is 0 Å². The standard InChI is InChI=1S/C13H13BrFNO/c1-8-3-6-12(17-8)13(16-2)9-4-5-11(15)10(14)7-9/h3-7,13,16H,1-2H3. The van der Waals surface area contributed by atoms with Crippen LogP contribution >= 0.6 is 15.9 Å². The lowest BCUT2D eigenvalue weighted by Gasteiger charge is -2.14. The summed E-state index contributed by atoms with van der Waals surface area (Å²) in [6, 6.07) is 8.72. The molecule has 1 unspecified atom stereocenters. The number of nitrogens with one attached hydrogen (secondary N) is 1. The Labute approximate surface area is 108 Å². The maximum Gasteiger partial charge on any atom is 0.137 e. The predicted molar refractivity (Wildman–Crippen MR) is 68.4 cm³/mol. The third kappa shape index (κ3) is 2.58. The number of aryl methyl sites for hydroxylation is 1. The Bertz CT molecular complexity index is 524. The lowest BCUT2D eigenvalue weighted by atomic mass is 10.0. The molecule has 0 fully saturated rings. The SMILES string of the molecule is CNC(c1ccc(F)c(Br)c1)c1ccc(C)o1. The molecular formula is C13H13BrFNO. The first-order chi connectivity index (χ1) is 8.11. The van der Waals surface area contributed by atoms with Crippen LogP contribution in [0.25, 0.3) is 0 Å². The molecule has 1 aromatic carbocycles. The molecule has 1 N–H and O–H groups in total. The molecule has 2 aromatic rings. The van der Waals surface area contributed by atoms with Crippen molar-refractivity contribution in [3.8, 4) is 0 Å². The second-order valence-corrected chi connectivity index (χ2v) is 4.70. The van der Waals surface area contributed by atoms with Gasteiger partial charge in [-0.15, -0.1) is 0 Å². The molecular weight excluding hydrogens is 285 g/mol. The van der Waals surface area contributed by atoms with E-state index in [1.807, 2.05) is 26.1 Å². The zero-order valence-electron chi connectivity index (χ0n) is 9.63. The average molecular weight is 298 g/mol. The highest BCUT2D eigenvalue weighted by atomic mass is 79.9. The van der Waals surface area contributed by atoms with Crippen LogP contribution < -0.4 is 5.32 Å². The van der Waals surface area contributed by atoms with Gasteiger partial charge in [0.2, 0.25) is 0 Å². The largest absolute Gasteiger partial charge is 0.464 e. The summed E-state index contributed by atoms with van der Waals surface area (Å²) in [5.74, 6) is 1.42. The van der Waals surface area contributed by atoms with Gasteiger partial charge in [0, 0.05) is 0 Å². The van der Waals surface area contributed by atoms with Crippen LogP contribution in [0.1, 0.15) is 23.1 Å². The summed E-state index contributed by atoms with van der Waals surface area (Å²) in [6.07, 6.45) is 0. The fourth-order valence-electron chi connectivity index (χ4n) is 1.77. The molecule has 0 saturated heterocycles. The maximum atomic E-state index is 13.2. The van der Waals surface area contributed by atoms with Gasteiger partial charge < -0.3 is 9.73 Å². The van der Waals surface area contributed by atoms with Gasteiger partial charge in [0.25, 0.3) is 0 Å². The fraction of sp³-hybridized carbons (Fsp3) is 0.231. The molecule has 17 heavy (non-hydrogen) atoms. The molecule has 0 aliphatic heterocycles. The summed E-state index contributed by atoms with van der Waals surface area (Å²) in [5, 5.41) is 3.16. The zero-order valence-corrected chi connectivity index (χ0v) is 11.2. The van der Waals surface area contributed by atoms with Gasteiger partial charge in [-0.1, -0.05) is 6.07 Å². The van der Waals surface area contributed by atoms with Crippen LogP contribution in [0.2, 0.25) is 0 Å². The molecule has 0 radical (unpaired) electrons. The van der Waals surface area contributed by atoms with Gasteiger partial charge in [0.05, 0.1) is 10.5 Å². The van der Waals surface area contributed by atoms with Gasteiger partial charge in [-0.3, -0.25) is 0 Å². The second-order valence-electron chi connectivity index (χ2n) is 3.84. The summed E-state index contributed by atoms with van der Waals surface area (Å²) in [4.78, 5) is 0. The van der Waals surface area contributed by atoms with E-state index in [0.717, 1.165) is 17.1 Å². The van der Waals surface area contributed by atoms with E-state index in [9.17, 15) is 4.39 Å². The number of furan rings is 1. The summed E-state index contributed by atoms with van der Waals surface area (Å²) >= 11 is 3.19. The smallest absolute Gasteiger partial charge is 0.137 e. The molecule has 1 atom stereocenters. The highest BCUT2D eigenvalue weighted by molar-refractivity contribution is 9.10. The number of hydrogen-bond acceptors (Lipinski definition) is 2. The van der Waals surface area contributed by atoms with E-state index in [0.29, 0.717) is 4.47 Å². The van der Waals surface area contributed by atoms with Gasteiger partial charge in [-0.05, 0) is 59.7 Å². The Morgan fingerprint density at radius 2 is 2.06 bits per heavy atom. The topological polar surface area (TPSA) is 25.2 Å². The molecule has 0 bridgehead atoms. The molecule has 0 spiro atoms. The van der Waals surface area contributed by atoms with Crippen molar-refractivity contribution in [3.05, 3.63) is 57.7 Å². The van der Waals surface area contributed by atoms with Crippen molar-refractivity contribution in [1.82, 2.24) is 5.32 Å². The van der Waals surface area contributed by atoms with Gasteiger partial charge in [-0.2, -0.15) is 0 Å². The van der Waals surface area contributed by atoms with Gasteiger partial charge in [0.15, 0.2) is 0 Å². The Morgan fingerprint density at radius 3 is 2.59 bits per heavy atom. The summed E-state index contributed by atoms with van der Waals surface area (Å²) in [7, 11) is 1.85. The van der Waals surface area contributed by atoms with Crippen LogP contribution in [0, 0.1) is 12.7 Å². The third-order valence-corrected chi connectivity index (χ3v) is 3.22. The maximum absolute atomic E-state index is 13.2. The molecule has 0 amide bonds. The predicted octanol–water partition coefficient (Wildman–Crippen LogP) is 3.80. The van der Waals surface area contributed by atoms with Crippen molar-refractivity contribution in [2.75, 3.05) is 7.05 Å². The average Bonchev–Trinajstić information content (AvgIpc) is 2.71. The van der Waals surface area contributed by atoms with E-state index in [-0.39, 0.29) is 11.9 Å². The lowest BCUT2D eigenvalue weighted by molar-refractivity contribution is 0.443. The molecule has 0 saturated carbocycles. The highest BCUT2D eigenvalue weighted by Gasteiger charge is 2.16. The highest BCUT2D eigenvalue weighted by Crippen LogP contribution is 2.27. The number of rotatable bonds is 3. The van der Waals surface area contributed by atoms with Crippen LogP contribution in [0.5, 0.6) is 0 Å². The van der Waals surface area contributed by atoms with Crippen molar-refractivity contribution in [1.29, 1.82) is 0 Å². The van der Waals surface area contributed by atoms with Crippen molar-refractivity contribution in [2.24, 2.45) is 0 Å². The van der Waals surface area contributed by atoms with Crippen LogP contribution in [-0.2, 0) is 0 Å². The van der Waals surface area contributed by atoms with E-state index >= 15 is 0 Å². The second kappa shape index (κ2) is 5.02. The summed E-state index contributed by atoms with van der Waals surface area (Å²) in [5.41, 5.74) is 0.954. The minimum absolute atomic E-state index is 0.0689. The third-order valence-electron chi connectivity index (χ3n) is 2.61. The lowest BCUT2D eigenvalue weighted by Crippen LogP contribution is -2.17. The normalized spacial score (nSPS) is 12.7. The summed E-state index contributed by atoms with van der Waals surface area (Å²) in [6.45, 7) is 1.90. The molecule has 4 heteroatoms. The van der Waals surface area contributed by atoms with E-state index < -0.39 is 0 Å². The quantitative estimate of drug-likeness (QED) is 0.932. The first-order valence-electron chi connectivity index (χ1n) is 5.30. The Morgan fingerprint density at radius 1 is 1.29 bits per heavy atom. The van der Waals surface area contributed by atoms with E-state index in [4.69, 9.17) is 4.42 Å². The molecule has 90 valence electrons. The molecule has 0 aliphatic rings. The first kappa shape index (κ1) is 12.3. The van der Waals surface area contributed by atoms with Crippen molar-refractivity contribution >= 4 is 15.9 Å². The fourth-order valence-corrected chi connectivity index (χ4v) is 2.17. The van der Waals surface area contributed by atoms with Crippen LogP contribution in [0.3, 0.4) is 0 Å². The van der Waals surface area contributed by atoms with Crippen LogP contribution in [0.15, 0.2) is 39.2 Å². The van der Waals surface area contributed by atoms with Crippen molar-refractivity contribution in [2.45, 2.75) is 13.0 Å². The van der Waals surface area contributed by atoms with E-state index in [1.54, 1.807) is 12.1 Å². The van der Waals surface area contributed by atoms with Crippen molar-refractivity contribution < 1.29 is 8.81 Å². The number of hydrogen-bond donors (Lipinski definition) is 1. The number of benzene rings is 1. The minimum Gasteiger partial charge on any atom is -0.464 e. The van der Waals surface area contributed by atoms with E-state index in [2.05, 4.69) is 21.2 Å². The Kier molecular flexibility index (Phi) is 3.64. The molecule has 2 nitrogen and oxygen atoms in total. The molecule has 1 heterocycles. The van der Waals surface area contributed by atoms with Gasteiger partial charge in [-0.25, -0.2) is 4.39 Å². The van der Waals surface area contributed by atoms with Crippen LogP contribution in [0.4, 0.5) is 4.39 Å². The molecule has 1 aromatic heterocycles. The minimum atomic E-state index is -0.265. The summed E-state index contributed by atoms with van der Waals surface area (Å²) < 4.78 is 19.2. The monoisotopic (exact) mass is 297 g/mol. The van der Waals surface area contributed by atoms with Gasteiger partial charge in [0.1, 0.15) is 17.3 Å².